The zero-order valence-electron chi connectivity index (χ0n) is 10.6. The molecule has 0 amide bonds. The molecular formula is C17H12Br2S. The van der Waals surface area contributed by atoms with E-state index in [2.05, 4.69) is 79.7 Å². The number of halogens is 2. The van der Waals surface area contributed by atoms with Gasteiger partial charge in [0.05, 0.1) is 0 Å². The maximum atomic E-state index is 3.95. The normalized spacial score (nSPS) is 18.6. The van der Waals surface area contributed by atoms with Crippen molar-refractivity contribution in [3.8, 4) is 0 Å². The Labute approximate surface area is 139 Å². The molecule has 2 unspecified atom stereocenters. The molecule has 0 saturated heterocycles. The summed E-state index contributed by atoms with van der Waals surface area (Å²) in [5.74, 6) is 0.600. The fourth-order valence-electron chi connectivity index (χ4n) is 3.03. The molecule has 1 aromatic heterocycles. The van der Waals surface area contributed by atoms with Crippen LogP contribution in [0.2, 0.25) is 0 Å². The highest BCUT2D eigenvalue weighted by molar-refractivity contribution is 9.10. The lowest BCUT2D eigenvalue weighted by Crippen LogP contribution is -2.20. The lowest BCUT2D eigenvalue weighted by atomic mass is 9.74. The molecule has 1 heterocycles. The third-order valence-electron chi connectivity index (χ3n) is 4.13. The van der Waals surface area contributed by atoms with Gasteiger partial charge in [0.1, 0.15) is 0 Å². The smallest absolute Gasteiger partial charge is 0.0488 e. The van der Waals surface area contributed by atoms with Crippen LogP contribution in [0.15, 0.2) is 52.3 Å². The van der Waals surface area contributed by atoms with Crippen molar-refractivity contribution < 1.29 is 0 Å². The summed E-state index contributed by atoms with van der Waals surface area (Å²) in [7, 11) is 0. The number of hydrogen-bond donors (Lipinski definition) is 0. The first kappa shape index (κ1) is 13.1. The van der Waals surface area contributed by atoms with Crippen LogP contribution in [0.1, 0.15) is 27.4 Å². The average molecular weight is 408 g/mol. The van der Waals surface area contributed by atoms with Crippen molar-refractivity contribution in [2.24, 2.45) is 0 Å². The Morgan fingerprint density at radius 3 is 2.80 bits per heavy atom. The van der Waals surface area contributed by atoms with E-state index in [1.807, 2.05) is 11.3 Å². The second-order valence-electron chi connectivity index (χ2n) is 5.22. The summed E-state index contributed by atoms with van der Waals surface area (Å²) < 4.78 is 2.54. The summed E-state index contributed by atoms with van der Waals surface area (Å²) >= 11 is 9.42. The summed E-state index contributed by atoms with van der Waals surface area (Å²) in [6.07, 6.45) is 1.18. The van der Waals surface area contributed by atoms with Crippen LogP contribution in [-0.2, 0) is 6.42 Å². The number of thiophene rings is 1. The minimum Gasteiger partial charge on any atom is -0.142 e. The fraction of sp³-hybridized carbons (Fsp3) is 0.176. The van der Waals surface area contributed by atoms with Gasteiger partial charge in [0, 0.05) is 19.9 Å². The number of fused-ring (bicyclic) bond motifs is 2. The van der Waals surface area contributed by atoms with Crippen molar-refractivity contribution in [1.29, 1.82) is 0 Å². The van der Waals surface area contributed by atoms with Crippen molar-refractivity contribution in [2.75, 3.05) is 0 Å². The molecule has 3 aromatic rings. The van der Waals surface area contributed by atoms with E-state index in [-0.39, 0.29) is 0 Å². The monoisotopic (exact) mass is 406 g/mol. The van der Waals surface area contributed by atoms with Gasteiger partial charge in [-0.3, -0.25) is 0 Å². The molecule has 0 spiro atoms. The highest BCUT2D eigenvalue weighted by Gasteiger charge is 2.33. The predicted molar refractivity (Wildman–Crippen MR) is 94.1 cm³/mol. The highest BCUT2D eigenvalue weighted by atomic mass is 79.9. The molecule has 0 bridgehead atoms. The number of hydrogen-bond acceptors (Lipinski definition) is 1. The van der Waals surface area contributed by atoms with E-state index in [0.29, 0.717) is 10.7 Å². The maximum absolute atomic E-state index is 3.95. The van der Waals surface area contributed by atoms with E-state index in [4.69, 9.17) is 0 Å². The van der Waals surface area contributed by atoms with Crippen molar-refractivity contribution in [3.05, 3.63) is 69.0 Å². The Morgan fingerprint density at radius 1 is 1.10 bits per heavy atom. The Balaban J connectivity index is 1.76. The molecule has 2 atom stereocenters. The van der Waals surface area contributed by atoms with Gasteiger partial charge < -0.3 is 0 Å². The first-order valence-corrected chi connectivity index (χ1v) is 9.22. The van der Waals surface area contributed by atoms with Gasteiger partial charge in [-0.15, -0.1) is 11.3 Å². The van der Waals surface area contributed by atoms with E-state index in [9.17, 15) is 0 Å². The molecule has 1 aliphatic rings. The van der Waals surface area contributed by atoms with Gasteiger partial charge in [0.25, 0.3) is 0 Å². The van der Waals surface area contributed by atoms with E-state index in [0.717, 1.165) is 0 Å². The summed E-state index contributed by atoms with van der Waals surface area (Å²) in [5.41, 5.74) is 4.43. The van der Waals surface area contributed by atoms with Gasteiger partial charge in [-0.2, -0.15) is 0 Å². The van der Waals surface area contributed by atoms with Crippen LogP contribution in [-0.4, -0.2) is 0 Å². The van der Waals surface area contributed by atoms with Crippen LogP contribution >= 0.6 is 43.2 Å². The van der Waals surface area contributed by atoms with Crippen LogP contribution in [0.5, 0.6) is 0 Å². The zero-order valence-corrected chi connectivity index (χ0v) is 14.6. The van der Waals surface area contributed by atoms with Crippen LogP contribution in [0.3, 0.4) is 0 Å². The second-order valence-corrected chi connectivity index (χ2v) is 7.94. The minimum atomic E-state index is 0.403. The summed E-state index contributed by atoms with van der Waals surface area (Å²) in [5, 5.41) is 3.67. The Hall–Kier alpha value is -0.640. The molecule has 3 heteroatoms. The molecule has 0 N–H and O–H groups in total. The lowest BCUT2D eigenvalue weighted by molar-refractivity contribution is 0.603. The lowest BCUT2D eigenvalue weighted by Gasteiger charge is -2.33. The number of alkyl halides is 1. The topological polar surface area (TPSA) is 0 Å². The molecule has 0 fully saturated rings. The molecule has 20 heavy (non-hydrogen) atoms. The molecule has 4 rings (SSSR count). The molecule has 2 aromatic carbocycles. The molecule has 0 radical (unpaired) electrons. The number of benzene rings is 2. The summed E-state index contributed by atoms with van der Waals surface area (Å²) in [6.45, 7) is 0. The van der Waals surface area contributed by atoms with Crippen molar-refractivity contribution >= 4 is 53.3 Å². The first-order valence-electron chi connectivity index (χ1n) is 6.63. The largest absolute Gasteiger partial charge is 0.142 e. The van der Waals surface area contributed by atoms with Gasteiger partial charge in [0.15, 0.2) is 0 Å². The maximum Gasteiger partial charge on any atom is 0.0488 e. The van der Waals surface area contributed by atoms with Crippen LogP contribution in [0.25, 0.3) is 10.1 Å². The van der Waals surface area contributed by atoms with Crippen LogP contribution < -0.4 is 0 Å². The summed E-state index contributed by atoms with van der Waals surface area (Å²) in [6, 6.07) is 15.3. The quantitative estimate of drug-likeness (QED) is 0.428. The molecule has 100 valence electrons. The molecular weight excluding hydrogens is 396 g/mol. The third kappa shape index (κ3) is 1.91. The zero-order chi connectivity index (χ0) is 13.7. The van der Waals surface area contributed by atoms with Crippen LogP contribution in [0.4, 0.5) is 0 Å². The number of rotatable bonds is 2. The van der Waals surface area contributed by atoms with Crippen molar-refractivity contribution in [2.45, 2.75) is 17.2 Å². The highest BCUT2D eigenvalue weighted by Crippen LogP contribution is 2.50. The third-order valence-corrected chi connectivity index (χ3v) is 7.23. The van der Waals surface area contributed by atoms with Crippen molar-refractivity contribution in [1.82, 2.24) is 0 Å². The van der Waals surface area contributed by atoms with Crippen molar-refractivity contribution in [3.63, 3.8) is 0 Å². The second kappa shape index (κ2) is 4.97. The average Bonchev–Trinajstić information content (AvgIpc) is 2.85. The van der Waals surface area contributed by atoms with Gasteiger partial charge in [-0.25, -0.2) is 0 Å². The van der Waals surface area contributed by atoms with Gasteiger partial charge in [0.2, 0.25) is 0 Å². The van der Waals surface area contributed by atoms with Gasteiger partial charge in [-0.05, 0) is 55.9 Å². The van der Waals surface area contributed by atoms with Crippen LogP contribution in [0, 0.1) is 0 Å². The van der Waals surface area contributed by atoms with E-state index >= 15 is 0 Å². The van der Waals surface area contributed by atoms with Gasteiger partial charge in [-0.1, -0.05) is 52.3 Å². The molecule has 1 aliphatic carbocycles. The fourth-order valence-corrected chi connectivity index (χ4v) is 5.71. The Kier molecular flexibility index (Phi) is 3.24. The molecule has 0 saturated carbocycles. The van der Waals surface area contributed by atoms with E-state index in [1.165, 1.54) is 37.7 Å². The summed E-state index contributed by atoms with van der Waals surface area (Å²) in [4.78, 5) is 0.403. The SMILES string of the molecule is Brc1cccc2c(C(Br)C3Cc4ccccc43)csc12. The predicted octanol–water partition coefficient (Wildman–Crippen LogP) is 6.44. The molecule has 0 nitrogen and oxygen atoms in total. The Bertz CT molecular complexity index is 791. The standard InChI is InChI=1S/C17H12Br2S/c18-15-7-3-6-12-14(9-20-17(12)15)16(19)13-8-10-4-1-2-5-11(10)13/h1-7,9,13,16H,8H2. The van der Waals surface area contributed by atoms with Gasteiger partial charge >= 0.3 is 0 Å². The minimum absolute atomic E-state index is 0.403. The van der Waals surface area contributed by atoms with E-state index < -0.39 is 0 Å². The van der Waals surface area contributed by atoms with E-state index in [1.54, 1.807) is 0 Å². The molecule has 0 aliphatic heterocycles. The first-order chi connectivity index (χ1) is 9.75. The Morgan fingerprint density at radius 2 is 1.95 bits per heavy atom.